The number of esters is 1. The van der Waals surface area contributed by atoms with Crippen LogP contribution in [0.2, 0.25) is 0 Å². The van der Waals surface area contributed by atoms with Crippen LogP contribution in [0.4, 0.5) is 0 Å². The van der Waals surface area contributed by atoms with Gasteiger partial charge in [0.1, 0.15) is 24.2 Å². The van der Waals surface area contributed by atoms with E-state index in [4.69, 9.17) is 4.74 Å². The molecule has 0 radical (unpaired) electrons. The minimum atomic E-state index is -0.840. The average molecular weight is 400 g/mol. The molecule has 4 atom stereocenters. The minimum absolute atomic E-state index is 0.00483. The van der Waals surface area contributed by atoms with Gasteiger partial charge in [-0.3, -0.25) is 9.59 Å². The zero-order valence-corrected chi connectivity index (χ0v) is 16.6. The summed E-state index contributed by atoms with van der Waals surface area (Å²) in [5, 5.41) is 20.3. The van der Waals surface area contributed by atoms with Crippen molar-refractivity contribution in [1.29, 1.82) is 0 Å². The third-order valence-electron chi connectivity index (χ3n) is 4.78. The molecule has 1 saturated carbocycles. The number of carbonyl (C=O) groups excluding carboxylic acids is 2. The van der Waals surface area contributed by atoms with Crippen molar-refractivity contribution in [2.45, 2.75) is 37.9 Å². The molecule has 1 aromatic rings. The second-order valence-corrected chi connectivity index (χ2v) is 6.92. The van der Waals surface area contributed by atoms with E-state index in [0.29, 0.717) is 18.6 Å². The highest BCUT2D eigenvalue weighted by atomic mass is 16.5. The molecule has 2 N–H and O–H groups in total. The molecule has 0 saturated heterocycles. The van der Waals surface area contributed by atoms with Gasteiger partial charge in [0, 0.05) is 24.7 Å². The first-order valence-electron chi connectivity index (χ1n) is 9.72. The summed E-state index contributed by atoms with van der Waals surface area (Å²) in [6.07, 6.45) is 6.48. The fraction of sp³-hybridized carbons (Fsp3) is 0.435. The summed E-state index contributed by atoms with van der Waals surface area (Å²) in [6, 6.07) is 9.18. The maximum atomic E-state index is 12.2. The third-order valence-corrected chi connectivity index (χ3v) is 4.78. The molecule has 0 unspecified atom stereocenters. The molecule has 156 valence electrons. The van der Waals surface area contributed by atoms with Gasteiger partial charge in [-0.1, -0.05) is 30.4 Å². The van der Waals surface area contributed by atoms with Crippen molar-refractivity contribution in [2.24, 2.45) is 11.8 Å². The number of hydrogen-bond acceptors (Lipinski definition) is 6. The average Bonchev–Trinajstić information content (AvgIpc) is 3.00. The van der Waals surface area contributed by atoms with E-state index in [1.54, 1.807) is 36.4 Å². The summed E-state index contributed by atoms with van der Waals surface area (Å²) < 4.78 is 10.1. The SMILES string of the molecule is COC(=O)CCC=C=CC[C@@H]1C(=O)C[C@@H](O)[C@H]1/C=C\[C@H](O)COc1ccccc1. The number of para-hydroxylation sites is 1. The Kier molecular flexibility index (Phi) is 9.38. The smallest absolute Gasteiger partial charge is 0.305 e. The summed E-state index contributed by atoms with van der Waals surface area (Å²) >= 11 is 0. The van der Waals surface area contributed by atoms with Gasteiger partial charge in [-0.2, -0.15) is 0 Å². The summed E-state index contributed by atoms with van der Waals surface area (Å²) in [7, 11) is 1.34. The van der Waals surface area contributed by atoms with Gasteiger partial charge in [0.15, 0.2) is 0 Å². The summed E-state index contributed by atoms with van der Waals surface area (Å²) in [4.78, 5) is 23.2. The Bertz CT molecular complexity index is 748. The van der Waals surface area contributed by atoms with E-state index in [1.807, 2.05) is 18.2 Å². The molecule has 1 aliphatic carbocycles. The van der Waals surface area contributed by atoms with Gasteiger partial charge in [-0.25, -0.2) is 0 Å². The van der Waals surface area contributed by atoms with Crippen molar-refractivity contribution in [3.05, 3.63) is 60.4 Å². The molecule has 0 bridgehead atoms. The molecule has 0 aliphatic heterocycles. The van der Waals surface area contributed by atoms with Crippen LogP contribution in [0.25, 0.3) is 0 Å². The van der Waals surface area contributed by atoms with Crippen LogP contribution in [0.3, 0.4) is 0 Å². The fourth-order valence-corrected chi connectivity index (χ4v) is 3.19. The molecule has 1 fully saturated rings. The molecule has 1 aliphatic rings. The van der Waals surface area contributed by atoms with Crippen LogP contribution in [0.15, 0.2) is 60.4 Å². The van der Waals surface area contributed by atoms with Gasteiger partial charge in [0.25, 0.3) is 0 Å². The molecule has 0 aromatic heterocycles. The molecule has 0 heterocycles. The van der Waals surface area contributed by atoms with Crippen LogP contribution in [0, 0.1) is 11.8 Å². The predicted molar refractivity (Wildman–Crippen MR) is 108 cm³/mol. The van der Waals surface area contributed by atoms with E-state index in [0.717, 1.165) is 0 Å². The Labute approximate surface area is 171 Å². The van der Waals surface area contributed by atoms with Crippen LogP contribution in [-0.2, 0) is 14.3 Å². The summed E-state index contributed by atoms with van der Waals surface area (Å²) in [6.45, 7) is 0.0881. The number of benzene rings is 1. The number of methoxy groups -OCH3 is 1. The zero-order chi connectivity index (χ0) is 21.1. The maximum absolute atomic E-state index is 12.2. The Hall–Kier alpha value is -2.66. The predicted octanol–water partition coefficient (Wildman–Crippen LogP) is 2.60. The Morgan fingerprint density at radius 3 is 2.79 bits per heavy atom. The number of Topliss-reactive ketones (excluding diaryl/α,β-unsaturated/α-hetero) is 1. The van der Waals surface area contributed by atoms with Crippen molar-refractivity contribution in [2.75, 3.05) is 13.7 Å². The topological polar surface area (TPSA) is 93.1 Å². The second kappa shape index (κ2) is 12.0. The fourth-order valence-electron chi connectivity index (χ4n) is 3.19. The number of ether oxygens (including phenoxy) is 2. The van der Waals surface area contributed by atoms with E-state index in [-0.39, 0.29) is 43.0 Å². The number of carbonyl (C=O) groups is 2. The highest BCUT2D eigenvalue weighted by Gasteiger charge is 2.39. The Morgan fingerprint density at radius 2 is 2.07 bits per heavy atom. The molecule has 0 spiro atoms. The first kappa shape index (κ1) is 22.6. The van der Waals surface area contributed by atoms with Gasteiger partial charge < -0.3 is 19.7 Å². The first-order valence-corrected chi connectivity index (χ1v) is 9.72. The van der Waals surface area contributed by atoms with Gasteiger partial charge >= 0.3 is 5.97 Å². The third kappa shape index (κ3) is 7.70. The number of allylic oxidation sites excluding steroid dienone is 1. The van der Waals surface area contributed by atoms with E-state index in [1.165, 1.54) is 7.11 Å². The van der Waals surface area contributed by atoms with Gasteiger partial charge in [-0.05, 0) is 37.1 Å². The molecule has 6 heteroatoms. The van der Waals surface area contributed by atoms with Crippen LogP contribution in [0.5, 0.6) is 5.75 Å². The lowest BCUT2D eigenvalue weighted by atomic mass is 9.90. The molecule has 6 nitrogen and oxygen atoms in total. The lowest BCUT2D eigenvalue weighted by Gasteiger charge is -2.16. The quantitative estimate of drug-likeness (QED) is 0.356. The number of ketones is 1. The monoisotopic (exact) mass is 400 g/mol. The summed E-state index contributed by atoms with van der Waals surface area (Å²) in [5.74, 6) is -0.336. The first-order chi connectivity index (χ1) is 14.0. The Morgan fingerprint density at radius 1 is 1.31 bits per heavy atom. The molecular weight excluding hydrogens is 372 g/mol. The van der Waals surface area contributed by atoms with Crippen LogP contribution >= 0.6 is 0 Å². The highest BCUT2D eigenvalue weighted by Crippen LogP contribution is 2.33. The minimum Gasteiger partial charge on any atom is -0.491 e. The van der Waals surface area contributed by atoms with E-state index in [2.05, 4.69) is 10.5 Å². The van der Waals surface area contributed by atoms with Crippen molar-refractivity contribution in [1.82, 2.24) is 0 Å². The second-order valence-electron chi connectivity index (χ2n) is 6.92. The van der Waals surface area contributed by atoms with E-state index >= 15 is 0 Å². The molecule has 2 rings (SSSR count). The Balaban J connectivity index is 1.86. The number of rotatable bonds is 10. The number of aliphatic hydroxyl groups excluding tert-OH is 2. The molecular formula is C23H28O6. The highest BCUT2D eigenvalue weighted by molar-refractivity contribution is 5.84. The van der Waals surface area contributed by atoms with Gasteiger partial charge in [0.2, 0.25) is 0 Å². The summed E-state index contributed by atoms with van der Waals surface area (Å²) in [5.41, 5.74) is 2.97. The van der Waals surface area contributed by atoms with E-state index < -0.39 is 12.2 Å². The van der Waals surface area contributed by atoms with Crippen molar-refractivity contribution in [3.63, 3.8) is 0 Å². The zero-order valence-electron chi connectivity index (χ0n) is 16.6. The largest absolute Gasteiger partial charge is 0.491 e. The molecule has 1 aromatic carbocycles. The van der Waals surface area contributed by atoms with Gasteiger partial charge in [0.05, 0.1) is 13.2 Å². The maximum Gasteiger partial charge on any atom is 0.305 e. The van der Waals surface area contributed by atoms with Crippen LogP contribution in [-0.4, -0.2) is 47.9 Å². The van der Waals surface area contributed by atoms with Crippen LogP contribution < -0.4 is 4.74 Å². The molecule has 29 heavy (non-hydrogen) atoms. The number of hydrogen-bond donors (Lipinski definition) is 2. The standard InChI is InChI=1S/C23H28O6/c1-28-23(27)12-8-3-2-7-11-19-20(22(26)15-21(19)25)14-13-17(24)16-29-18-9-5-4-6-10-18/h3-7,9-10,13-14,17,19-20,22,24,26H,8,11-12,15-16H2,1H3/b14-13-/t2?,17-,19-,20-,22+/m0/s1. The van der Waals surface area contributed by atoms with Crippen molar-refractivity contribution >= 4 is 11.8 Å². The normalized spacial score (nSPS) is 22.2. The lowest BCUT2D eigenvalue weighted by molar-refractivity contribution is -0.140. The van der Waals surface area contributed by atoms with Gasteiger partial charge in [-0.15, -0.1) is 5.73 Å². The molecule has 0 amide bonds. The van der Waals surface area contributed by atoms with E-state index in [9.17, 15) is 19.8 Å². The lowest BCUT2D eigenvalue weighted by Crippen LogP contribution is -2.20. The number of aliphatic hydroxyl groups is 2. The van der Waals surface area contributed by atoms with Crippen molar-refractivity contribution < 1.29 is 29.3 Å². The van der Waals surface area contributed by atoms with Crippen LogP contribution in [0.1, 0.15) is 25.7 Å². The van der Waals surface area contributed by atoms with Crippen molar-refractivity contribution in [3.8, 4) is 5.75 Å².